The summed E-state index contributed by atoms with van der Waals surface area (Å²) in [4.78, 5) is 12.9. The van der Waals surface area contributed by atoms with Gasteiger partial charge in [-0.25, -0.2) is 0 Å². The van der Waals surface area contributed by atoms with Crippen LogP contribution in [-0.2, 0) is 9.47 Å². The molecule has 0 N–H and O–H groups in total. The zero-order valence-electron chi connectivity index (χ0n) is 12.2. The largest absolute Gasteiger partial charge is 0.349 e. The number of nitriles is 2. The fourth-order valence-electron chi connectivity index (χ4n) is 4.18. The third kappa shape index (κ3) is 1.70. The molecule has 0 aromatic heterocycles. The highest BCUT2D eigenvalue weighted by Crippen LogP contribution is 2.76. The minimum absolute atomic E-state index is 0.00703. The molecule has 4 atom stereocenters. The molecule has 2 bridgehead atoms. The molecule has 1 aliphatic carbocycles. The first-order chi connectivity index (χ1) is 11.1. The second-order valence-corrected chi connectivity index (χ2v) is 6.77. The first-order valence-corrected chi connectivity index (χ1v) is 7.86. The normalized spacial score (nSPS) is 36.2. The topological polar surface area (TPSA) is 83.1 Å². The van der Waals surface area contributed by atoms with Crippen LogP contribution in [0.2, 0.25) is 5.02 Å². The Labute approximate surface area is 138 Å². The van der Waals surface area contributed by atoms with Crippen molar-refractivity contribution in [3.05, 3.63) is 34.9 Å². The fourth-order valence-corrected chi connectivity index (χ4v) is 4.31. The van der Waals surface area contributed by atoms with Gasteiger partial charge in [0.1, 0.15) is 0 Å². The molecule has 3 fully saturated rings. The van der Waals surface area contributed by atoms with E-state index < -0.39 is 23.0 Å². The van der Waals surface area contributed by atoms with E-state index >= 15 is 0 Å². The van der Waals surface area contributed by atoms with Gasteiger partial charge in [-0.05, 0) is 37.1 Å². The van der Waals surface area contributed by atoms with Gasteiger partial charge in [-0.3, -0.25) is 4.79 Å². The number of benzene rings is 1. The molecule has 6 heteroatoms. The molecule has 0 unspecified atom stereocenters. The Morgan fingerprint density at radius 2 is 1.96 bits per heavy atom. The lowest BCUT2D eigenvalue weighted by molar-refractivity contribution is -0.140. The summed E-state index contributed by atoms with van der Waals surface area (Å²) in [5.74, 6) is -0.947. The molecule has 1 aromatic carbocycles. The van der Waals surface area contributed by atoms with Crippen molar-refractivity contribution in [1.82, 2.24) is 0 Å². The summed E-state index contributed by atoms with van der Waals surface area (Å²) >= 11 is 5.86. The molecule has 1 spiro atoms. The number of nitrogens with zero attached hydrogens (tertiary/aromatic N) is 2. The van der Waals surface area contributed by atoms with Gasteiger partial charge in [-0.2, -0.15) is 10.5 Å². The number of rotatable bonds is 2. The van der Waals surface area contributed by atoms with Gasteiger partial charge in [-0.1, -0.05) is 11.6 Å². The maximum atomic E-state index is 12.9. The highest BCUT2D eigenvalue weighted by atomic mass is 35.5. The standard InChI is InChI=1S/C17H13ClN2O3/c18-11-3-1-10(2-4-11)13(21)14-16(8-19,9-20)17(14)6-5-12-7-22-15(17)23-12/h1-4,12,14-15H,5-7H2/t12-,14-,15-,17-/m0/s1. The van der Waals surface area contributed by atoms with E-state index in [1.54, 1.807) is 24.3 Å². The van der Waals surface area contributed by atoms with Gasteiger partial charge in [0, 0.05) is 10.6 Å². The Bertz CT molecular complexity index is 750. The molecule has 4 rings (SSSR count). The number of fused-ring (bicyclic) bond motifs is 3. The molecule has 2 heterocycles. The van der Waals surface area contributed by atoms with E-state index in [-0.39, 0.29) is 11.9 Å². The second kappa shape index (κ2) is 4.79. The SMILES string of the molecule is N#CC1(C#N)[C@H](C(=O)c2ccc(Cl)cc2)[C@]12CC[C@H]1CO[C@H]2O1. The molecule has 2 saturated heterocycles. The van der Waals surface area contributed by atoms with Crippen LogP contribution in [0.1, 0.15) is 23.2 Å². The summed E-state index contributed by atoms with van der Waals surface area (Å²) in [6.45, 7) is 0.460. The first-order valence-electron chi connectivity index (χ1n) is 7.48. The third-order valence-electron chi connectivity index (χ3n) is 5.39. The quantitative estimate of drug-likeness (QED) is 0.779. The first kappa shape index (κ1) is 14.7. The van der Waals surface area contributed by atoms with Crippen molar-refractivity contribution in [3.63, 3.8) is 0 Å². The maximum Gasteiger partial charge on any atom is 0.169 e. The molecular formula is C17H13ClN2O3. The van der Waals surface area contributed by atoms with Crippen molar-refractivity contribution in [1.29, 1.82) is 10.5 Å². The van der Waals surface area contributed by atoms with Crippen molar-refractivity contribution in [2.75, 3.05) is 6.61 Å². The van der Waals surface area contributed by atoms with Gasteiger partial charge in [0.2, 0.25) is 0 Å². The van der Waals surface area contributed by atoms with Gasteiger partial charge < -0.3 is 9.47 Å². The third-order valence-corrected chi connectivity index (χ3v) is 5.64. The van der Waals surface area contributed by atoms with Crippen LogP contribution in [0.15, 0.2) is 24.3 Å². The molecule has 23 heavy (non-hydrogen) atoms. The Hall–Kier alpha value is -1.92. The van der Waals surface area contributed by atoms with Crippen LogP contribution in [0.3, 0.4) is 0 Å². The average Bonchev–Trinajstić information content (AvgIpc) is 2.94. The fraction of sp³-hybridized carbons (Fsp3) is 0.471. The summed E-state index contributed by atoms with van der Waals surface area (Å²) in [6, 6.07) is 10.7. The van der Waals surface area contributed by atoms with E-state index in [0.717, 1.165) is 0 Å². The van der Waals surface area contributed by atoms with E-state index in [9.17, 15) is 15.3 Å². The van der Waals surface area contributed by atoms with E-state index in [2.05, 4.69) is 12.1 Å². The molecule has 0 radical (unpaired) electrons. The molecular weight excluding hydrogens is 316 g/mol. The number of hydrogen-bond donors (Lipinski definition) is 0. The lowest BCUT2D eigenvalue weighted by Crippen LogP contribution is -2.35. The predicted molar refractivity (Wildman–Crippen MR) is 79.2 cm³/mol. The minimum atomic E-state index is -1.39. The van der Waals surface area contributed by atoms with Crippen molar-refractivity contribution < 1.29 is 14.3 Å². The number of ether oxygens (including phenoxy) is 2. The molecule has 1 aromatic rings. The van der Waals surface area contributed by atoms with Gasteiger partial charge in [0.25, 0.3) is 0 Å². The number of ketones is 1. The number of Topliss-reactive ketones (excluding diaryl/α,β-unsaturated/α-hetero) is 1. The van der Waals surface area contributed by atoms with Crippen LogP contribution in [0.25, 0.3) is 0 Å². The van der Waals surface area contributed by atoms with Crippen LogP contribution in [0, 0.1) is 39.4 Å². The van der Waals surface area contributed by atoms with Gasteiger partial charge in [0.15, 0.2) is 17.5 Å². The molecule has 5 nitrogen and oxygen atoms in total. The van der Waals surface area contributed by atoms with Gasteiger partial charge >= 0.3 is 0 Å². The van der Waals surface area contributed by atoms with Crippen molar-refractivity contribution in [2.24, 2.45) is 16.7 Å². The highest BCUT2D eigenvalue weighted by molar-refractivity contribution is 6.30. The van der Waals surface area contributed by atoms with Gasteiger partial charge in [-0.15, -0.1) is 0 Å². The van der Waals surface area contributed by atoms with E-state index in [1.165, 1.54) is 0 Å². The molecule has 2 aliphatic heterocycles. The molecule has 116 valence electrons. The van der Waals surface area contributed by atoms with Crippen LogP contribution in [0.5, 0.6) is 0 Å². The van der Waals surface area contributed by atoms with Gasteiger partial charge in [0.05, 0.1) is 36.2 Å². The summed E-state index contributed by atoms with van der Waals surface area (Å²) in [5, 5.41) is 19.8. The van der Waals surface area contributed by atoms with Crippen molar-refractivity contribution in [3.8, 4) is 12.1 Å². The number of halogens is 1. The van der Waals surface area contributed by atoms with Crippen LogP contribution >= 0.6 is 11.6 Å². The van der Waals surface area contributed by atoms with Crippen LogP contribution in [0.4, 0.5) is 0 Å². The number of hydrogen-bond acceptors (Lipinski definition) is 5. The van der Waals surface area contributed by atoms with Crippen molar-refractivity contribution in [2.45, 2.75) is 25.2 Å². The predicted octanol–water partition coefficient (Wildman–Crippen LogP) is 2.71. The second-order valence-electron chi connectivity index (χ2n) is 6.34. The summed E-state index contributed by atoms with van der Waals surface area (Å²) in [6.07, 6.45) is 0.647. The molecule has 0 amide bonds. The zero-order chi connectivity index (χ0) is 16.2. The smallest absolute Gasteiger partial charge is 0.169 e. The van der Waals surface area contributed by atoms with E-state index in [4.69, 9.17) is 21.1 Å². The number of carbonyl (C=O) groups is 1. The van der Waals surface area contributed by atoms with Crippen LogP contribution < -0.4 is 0 Å². The highest BCUT2D eigenvalue weighted by Gasteiger charge is 2.86. The lowest BCUT2D eigenvalue weighted by atomic mass is 9.86. The maximum absolute atomic E-state index is 12.9. The Kier molecular flexibility index (Phi) is 3.05. The van der Waals surface area contributed by atoms with E-state index in [0.29, 0.717) is 30.0 Å². The Morgan fingerprint density at radius 1 is 1.26 bits per heavy atom. The van der Waals surface area contributed by atoms with E-state index in [1.807, 2.05) is 0 Å². The Morgan fingerprint density at radius 3 is 2.61 bits per heavy atom. The Balaban J connectivity index is 1.75. The minimum Gasteiger partial charge on any atom is -0.349 e. The molecule has 3 aliphatic rings. The molecule has 1 saturated carbocycles. The lowest BCUT2D eigenvalue weighted by Gasteiger charge is -2.29. The summed E-state index contributed by atoms with van der Waals surface area (Å²) in [7, 11) is 0. The van der Waals surface area contributed by atoms with Crippen LogP contribution in [-0.4, -0.2) is 24.8 Å². The van der Waals surface area contributed by atoms with Crippen molar-refractivity contribution >= 4 is 17.4 Å². The summed E-state index contributed by atoms with van der Waals surface area (Å²) < 4.78 is 11.4. The zero-order valence-corrected chi connectivity index (χ0v) is 12.9. The average molecular weight is 329 g/mol. The number of carbonyl (C=O) groups excluding carboxylic acids is 1. The monoisotopic (exact) mass is 328 g/mol. The summed E-state index contributed by atoms with van der Waals surface area (Å²) in [5.41, 5.74) is -1.80.